The number of hydrogen-bond acceptors (Lipinski definition) is 4. The van der Waals surface area contributed by atoms with Crippen molar-refractivity contribution in [2.75, 3.05) is 5.32 Å². The van der Waals surface area contributed by atoms with Crippen LogP contribution in [0.3, 0.4) is 0 Å². The largest absolute Gasteiger partial charge is 0.489 e. The van der Waals surface area contributed by atoms with E-state index in [2.05, 4.69) is 5.32 Å². The number of rotatable bonds is 9. The molecule has 5 aromatic rings. The lowest BCUT2D eigenvalue weighted by Gasteiger charge is -2.13. The molecule has 1 N–H and O–H groups in total. The molecule has 5 aromatic carbocycles. The van der Waals surface area contributed by atoms with Crippen molar-refractivity contribution in [3.05, 3.63) is 140 Å². The molecule has 0 atom stereocenters. The molecule has 0 heterocycles. The van der Waals surface area contributed by atoms with E-state index in [1.807, 2.05) is 54.6 Å². The van der Waals surface area contributed by atoms with Gasteiger partial charge in [-0.2, -0.15) is 5.26 Å². The number of amides is 1. The number of halogens is 3. The van der Waals surface area contributed by atoms with Crippen molar-refractivity contribution < 1.29 is 14.3 Å². The summed E-state index contributed by atoms with van der Waals surface area (Å²) in [5.41, 5.74) is 2.81. The molecule has 42 heavy (non-hydrogen) atoms. The molecule has 0 radical (unpaired) electrons. The number of nitrogens with zero attached hydrogens (tertiary/aromatic N) is 1. The number of carbonyl (C=O) groups excluding carboxylic acids is 1. The second kappa shape index (κ2) is 13.5. The van der Waals surface area contributed by atoms with Gasteiger partial charge in [0.1, 0.15) is 36.4 Å². The highest BCUT2D eigenvalue weighted by atomic mass is 35.5. The third-order valence-corrected chi connectivity index (χ3v) is 7.25. The average Bonchev–Trinajstić information content (AvgIpc) is 3.00. The minimum absolute atomic E-state index is 0.0691. The Hall–Kier alpha value is -4.47. The molecule has 8 heteroatoms. The van der Waals surface area contributed by atoms with Gasteiger partial charge in [-0.05, 0) is 77.0 Å². The van der Waals surface area contributed by atoms with Crippen molar-refractivity contribution in [3.63, 3.8) is 0 Å². The summed E-state index contributed by atoms with van der Waals surface area (Å²) in [6.07, 6.45) is 1.56. The number of ether oxygens (including phenoxy) is 2. The Morgan fingerprint density at radius 2 is 1.55 bits per heavy atom. The van der Waals surface area contributed by atoms with Crippen LogP contribution in [0.15, 0.2) is 109 Å². The standard InChI is InChI=1S/C34H23Cl3N2O3/c35-26-9-5-22(6-10-26)20-42-33-16-8-23-3-1-2-4-30(23)31(33)17-25(19-38)34(40)39-28-12-14-29(15-13-28)41-21-24-7-11-27(36)18-32(24)37/h1-18H,20-21H2,(H,39,40)/b25-17+. The third-order valence-electron chi connectivity index (χ3n) is 6.41. The quantitative estimate of drug-likeness (QED) is 0.133. The van der Waals surface area contributed by atoms with Crippen LogP contribution in [-0.4, -0.2) is 5.91 Å². The summed E-state index contributed by atoms with van der Waals surface area (Å²) in [7, 11) is 0. The van der Waals surface area contributed by atoms with Crippen molar-refractivity contribution in [1.82, 2.24) is 0 Å². The zero-order chi connectivity index (χ0) is 29.5. The van der Waals surface area contributed by atoms with Crippen LogP contribution < -0.4 is 14.8 Å². The molecule has 0 aliphatic heterocycles. The van der Waals surface area contributed by atoms with Crippen LogP contribution in [0, 0.1) is 11.3 Å². The van der Waals surface area contributed by atoms with Gasteiger partial charge in [0, 0.05) is 31.9 Å². The maximum Gasteiger partial charge on any atom is 0.266 e. The molecule has 0 aromatic heterocycles. The molecule has 0 saturated heterocycles. The Bertz CT molecular complexity index is 1810. The fraction of sp³-hybridized carbons (Fsp3) is 0.0588. The summed E-state index contributed by atoms with van der Waals surface area (Å²) >= 11 is 18.2. The third kappa shape index (κ3) is 7.23. The molecule has 0 unspecified atom stereocenters. The summed E-state index contributed by atoms with van der Waals surface area (Å²) in [6.45, 7) is 0.555. The molecule has 1 amide bonds. The number of anilines is 1. The predicted octanol–water partition coefficient (Wildman–Crippen LogP) is 9.50. The monoisotopic (exact) mass is 612 g/mol. The van der Waals surface area contributed by atoms with Crippen molar-refractivity contribution in [2.45, 2.75) is 13.2 Å². The highest BCUT2D eigenvalue weighted by molar-refractivity contribution is 6.35. The lowest BCUT2D eigenvalue weighted by Crippen LogP contribution is -2.13. The van der Waals surface area contributed by atoms with E-state index < -0.39 is 5.91 Å². The van der Waals surface area contributed by atoms with Crippen LogP contribution >= 0.6 is 34.8 Å². The van der Waals surface area contributed by atoms with Gasteiger partial charge in [-0.15, -0.1) is 0 Å². The van der Waals surface area contributed by atoms with E-state index in [1.54, 1.807) is 60.7 Å². The van der Waals surface area contributed by atoms with Gasteiger partial charge < -0.3 is 14.8 Å². The first-order chi connectivity index (χ1) is 20.4. The predicted molar refractivity (Wildman–Crippen MR) is 169 cm³/mol. The average molecular weight is 614 g/mol. The molecule has 5 nitrogen and oxygen atoms in total. The Kier molecular flexibility index (Phi) is 9.31. The molecule has 0 spiro atoms. The first-order valence-electron chi connectivity index (χ1n) is 12.9. The van der Waals surface area contributed by atoms with Crippen LogP contribution in [0.25, 0.3) is 16.8 Å². The second-order valence-corrected chi connectivity index (χ2v) is 10.6. The Morgan fingerprint density at radius 1 is 0.810 bits per heavy atom. The van der Waals surface area contributed by atoms with Gasteiger partial charge in [-0.1, -0.05) is 83.3 Å². The lowest BCUT2D eigenvalue weighted by molar-refractivity contribution is -0.112. The fourth-order valence-corrected chi connectivity index (χ4v) is 4.81. The van der Waals surface area contributed by atoms with Crippen LogP contribution in [-0.2, 0) is 18.0 Å². The van der Waals surface area contributed by atoms with Crippen molar-refractivity contribution in [2.24, 2.45) is 0 Å². The summed E-state index contributed by atoms with van der Waals surface area (Å²) < 4.78 is 11.9. The maximum atomic E-state index is 13.2. The number of carbonyl (C=O) groups is 1. The Morgan fingerprint density at radius 3 is 2.29 bits per heavy atom. The zero-order valence-electron chi connectivity index (χ0n) is 22.1. The molecule has 0 aliphatic carbocycles. The summed E-state index contributed by atoms with van der Waals surface area (Å²) in [4.78, 5) is 13.2. The highest BCUT2D eigenvalue weighted by Gasteiger charge is 2.14. The van der Waals surface area contributed by atoms with Gasteiger partial charge in [0.15, 0.2) is 0 Å². The van der Waals surface area contributed by atoms with E-state index in [4.69, 9.17) is 44.3 Å². The molecular weight excluding hydrogens is 591 g/mol. The Balaban J connectivity index is 1.33. The van der Waals surface area contributed by atoms with E-state index >= 15 is 0 Å². The van der Waals surface area contributed by atoms with E-state index in [9.17, 15) is 10.1 Å². The van der Waals surface area contributed by atoms with Crippen LogP contribution in [0.5, 0.6) is 11.5 Å². The van der Waals surface area contributed by atoms with Gasteiger partial charge >= 0.3 is 0 Å². The highest BCUT2D eigenvalue weighted by Crippen LogP contribution is 2.31. The molecule has 0 saturated carbocycles. The van der Waals surface area contributed by atoms with Crippen LogP contribution in [0.1, 0.15) is 16.7 Å². The van der Waals surface area contributed by atoms with E-state index in [0.717, 1.165) is 21.9 Å². The lowest BCUT2D eigenvalue weighted by atomic mass is 10.0. The number of nitrogens with one attached hydrogen (secondary N) is 1. The molecule has 208 valence electrons. The van der Waals surface area contributed by atoms with Crippen molar-refractivity contribution in [3.8, 4) is 17.6 Å². The van der Waals surface area contributed by atoms with Gasteiger partial charge in [-0.3, -0.25) is 4.79 Å². The van der Waals surface area contributed by atoms with Crippen LogP contribution in [0.4, 0.5) is 5.69 Å². The number of fused-ring (bicyclic) bond motifs is 1. The topological polar surface area (TPSA) is 71.3 Å². The summed E-state index contributed by atoms with van der Waals surface area (Å²) in [5, 5.41) is 16.2. The number of nitriles is 1. The first kappa shape index (κ1) is 29.0. The van der Waals surface area contributed by atoms with E-state index in [0.29, 0.717) is 44.4 Å². The molecule has 0 bridgehead atoms. The van der Waals surface area contributed by atoms with Gasteiger partial charge in [0.2, 0.25) is 0 Å². The van der Waals surface area contributed by atoms with Crippen molar-refractivity contribution >= 4 is 63.2 Å². The van der Waals surface area contributed by atoms with Crippen LogP contribution in [0.2, 0.25) is 15.1 Å². The second-order valence-electron chi connectivity index (χ2n) is 9.29. The van der Waals surface area contributed by atoms with Gasteiger partial charge in [0.05, 0.1) is 0 Å². The number of hydrogen-bond donors (Lipinski definition) is 1. The summed E-state index contributed by atoms with van der Waals surface area (Å²) in [5.74, 6) is 0.593. The zero-order valence-corrected chi connectivity index (χ0v) is 24.4. The Labute approximate surface area is 258 Å². The molecule has 0 fully saturated rings. The minimum Gasteiger partial charge on any atom is -0.489 e. The number of benzene rings is 5. The van der Waals surface area contributed by atoms with Gasteiger partial charge in [0.25, 0.3) is 5.91 Å². The normalized spacial score (nSPS) is 11.1. The first-order valence-corrected chi connectivity index (χ1v) is 14.0. The fourth-order valence-electron chi connectivity index (χ4n) is 4.22. The minimum atomic E-state index is -0.546. The summed E-state index contributed by atoms with van der Waals surface area (Å²) in [6, 6.07) is 33.0. The van der Waals surface area contributed by atoms with E-state index in [-0.39, 0.29) is 12.2 Å². The van der Waals surface area contributed by atoms with Crippen molar-refractivity contribution in [1.29, 1.82) is 5.26 Å². The van der Waals surface area contributed by atoms with Gasteiger partial charge in [-0.25, -0.2) is 0 Å². The maximum absolute atomic E-state index is 13.2. The SMILES string of the molecule is N#C/C(=C\c1c(OCc2ccc(Cl)cc2)ccc2ccccc12)C(=O)Nc1ccc(OCc2ccc(Cl)cc2Cl)cc1. The van der Waals surface area contributed by atoms with E-state index in [1.165, 1.54) is 0 Å². The molecular formula is C34H23Cl3N2O3. The smallest absolute Gasteiger partial charge is 0.266 e. The molecule has 5 rings (SSSR count). The molecule has 0 aliphatic rings.